The second kappa shape index (κ2) is 9.74. The van der Waals surface area contributed by atoms with Crippen LogP contribution >= 0.6 is 12.4 Å². The fourth-order valence-electron chi connectivity index (χ4n) is 1.38. The van der Waals surface area contributed by atoms with Crippen LogP contribution in [0.3, 0.4) is 0 Å². The number of benzene rings is 1. The molecule has 0 aliphatic carbocycles. The van der Waals surface area contributed by atoms with Gasteiger partial charge in [-0.15, -0.1) is 12.4 Å². The normalized spacial score (nSPS) is 9.61. The van der Waals surface area contributed by atoms with Crippen LogP contribution in [0, 0.1) is 0 Å². The molecule has 1 aromatic carbocycles. The van der Waals surface area contributed by atoms with Crippen LogP contribution in [0.15, 0.2) is 24.3 Å². The molecule has 102 valence electrons. The van der Waals surface area contributed by atoms with E-state index in [9.17, 15) is 4.79 Å². The predicted molar refractivity (Wildman–Crippen MR) is 76.2 cm³/mol. The van der Waals surface area contributed by atoms with Crippen LogP contribution in [0.4, 0.5) is 5.69 Å². The number of nitrogens with two attached hydrogens (primary N) is 1. The highest BCUT2D eigenvalue weighted by atomic mass is 35.5. The minimum absolute atomic E-state index is 0. The van der Waals surface area contributed by atoms with Crippen molar-refractivity contribution in [1.29, 1.82) is 0 Å². The summed E-state index contributed by atoms with van der Waals surface area (Å²) < 4.78 is 5.34. The maximum atomic E-state index is 11.7. The molecule has 5 heteroatoms. The second-order valence-corrected chi connectivity index (χ2v) is 3.81. The average molecular weight is 273 g/mol. The Morgan fingerprint density at radius 2 is 2.06 bits per heavy atom. The lowest BCUT2D eigenvalue weighted by molar-refractivity contribution is 0.0913. The monoisotopic (exact) mass is 272 g/mol. The van der Waals surface area contributed by atoms with Crippen molar-refractivity contribution in [3.8, 4) is 0 Å². The van der Waals surface area contributed by atoms with E-state index in [4.69, 9.17) is 10.5 Å². The van der Waals surface area contributed by atoms with E-state index in [1.165, 1.54) is 0 Å². The zero-order valence-electron chi connectivity index (χ0n) is 10.6. The number of halogens is 1. The molecule has 0 fully saturated rings. The number of carbonyl (C=O) groups excluding carboxylic acids is 1. The summed E-state index contributed by atoms with van der Waals surface area (Å²) in [6.07, 6.45) is 2.17. The summed E-state index contributed by atoms with van der Waals surface area (Å²) in [5.74, 6) is -0.151. The third-order valence-electron chi connectivity index (χ3n) is 2.38. The van der Waals surface area contributed by atoms with Crippen molar-refractivity contribution < 1.29 is 9.53 Å². The van der Waals surface area contributed by atoms with Gasteiger partial charge >= 0.3 is 0 Å². The zero-order chi connectivity index (χ0) is 12.5. The Kier molecular flexibility index (Phi) is 9.06. The maximum absolute atomic E-state index is 11.7. The van der Waals surface area contributed by atoms with Gasteiger partial charge in [0.15, 0.2) is 0 Å². The zero-order valence-corrected chi connectivity index (χ0v) is 11.5. The maximum Gasteiger partial charge on any atom is 0.253 e. The van der Waals surface area contributed by atoms with Gasteiger partial charge in [-0.1, -0.05) is 25.5 Å². The molecule has 1 rings (SSSR count). The van der Waals surface area contributed by atoms with Crippen LogP contribution in [-0.4, -0.2) is 25.7 Å². The van der Waals surface area contributed by atoms with Gasteiger partial charge in [0.05, 0.1) is 12.2 Å². The molecule has 3 N–H and O–H groups in total. The first-order chi connectivity index (χ1) is 8.25. The van der Waals surface area contributed by atoms with E-state index in [2.05, 4.69) is 12.2 Å². The van der Waals surface area contributed by atoms with Gasteiger partial charge in [-0.2, -0.15) is 0 Å². The SMILES string of the molecule is CCCCOCCNC(=O)c1ccccc1N.Cl. The first kappa shape index (κ1) is 16.7. The van der Waals surface area contributed by atoms with Crippen LogP contribution in [-0.2, 0) is 4.74 Å². The summed E-state index contributed by atoms with van der Waals surface area (Å²) in [6, 6.07) is 7.03. The van der Waals surface area contributed by atoms with Crippen LogP contribution in [0.2, 0.25) is 0 Å². The van der Waals surface area contributed by atoms with Gasteiger partial charge in [0.2, 0.25) is 0 Å². The number of ether oxygens (including phenoxy) is 1. The van der Waals surface area contributed by atoms with Crippen LogP contribution in [0.5, 0.6) is 0 Å². The number of nitrogens with one attached hydrogen (secondary N) is 1. The fourth-order valence-corrected chi connectivity index (χ4v) is 1.38. The number of anilines is 1. The molecule has 0 bridgehead atoms. The average Bonchev–Trinajstić information content (AvgIpc) is 2.34. The number of amides is 1. The van der Waals surface area contributed by atoms with Crippen molar-refractivity contribution in [1.82, 2.24) is 5.32 Å². The Hall–Kier alpha value is -1.26. The molecule has 1 aromatic rings. The van der Waals surface area contributed by atoms with Gasteiger partial charge < -0.3 is 15.8 Å². The molecular weight excluding hydrogens is 252 g/mol. The van der Waals surface area contributed by atoms with E-state index in [1.807, 2.05) is 0 Å². The van der Waals surface area contributed by atoms with E-state index in [0.29, 0.717) is 24.4 Å². The lowest BCUT2D eigenvalue weighted by Gasteiger charge is -2.07. The first-order valence-corrected chi connectivity index (χ1v) is 5.96. The fraction of sp³-hybridized carbons (Fsp3) is 0.462. The highest BCUT2D eigenvalue weighted by molar-refractivity contribution is 5.99. The van der Waals surface area contributed by atoms with E-state index >= 15 is 0 Å². The molecule has 0 aliphatic rings. The standard InChI is InChI=1S/C13H20N2O2.ClH/c1-2-3-9-17-10-8-15-13(16)11-6-4-5-7-12(11)14;/h4-7H,2-3,8-10,14H2,1H3,(H,15,16);1H. The summed E-state index contributed by atoms with van der Waals surface area (Å²) in [7, 11) is 0. The van der Waals surface area contributed by atoms with Crippen LogP contribution < -0.4 is 11.1 Å². The lowest BCUT2D eigenvalue weighted by Crippen LogP contribution is -2.28. The third-order valence-corrected chi connectivity index (χ3v) is 2.38. The van der Waals surface area contributed by atoms with Crippen LogP contribution in [0.25, 0.3) is 0 Å². The minimum Gasteiger partial charge on any atom is -0.398 e. The molecule has 1 amide bonds. The molecule has 0 aromatic heterocycles. The summed E-state index contributed by atoms with van der Waals surface area (Å²) in [4.78, 5) is 11.7. The van der Waals surface area contributed by atoms with E-state index in [1.54, 1.807) is 24.3 Å². The molecule has 0 atom stereocenters. The Morgan fingerprint density at radius 1 is 1.33 bits per heavy atom. The summed E-state index contributed by atoms with van der Waals surface area (Å²) in [5.41, 5.74) is 6.71. The lowest BCUT2D eigenvalue weighted by atomic mass is 10.2. The van der Waals surface area contributed by atoms with Gasteiger partial charge in [-0.25, -0.2) is 0 Å². The van der Waals surface area contributed by atoms with Crippen LogP contribution in [0.1, 0.15) is 30.1 Å². The minimum atomic E-state index is -0.151. The Morgan fingerprint density at radius 3 is 2.72 bits per heavy atom. The summed E-state index contributed by atoms with van der Waals surface area (Å²) in [5, 5.41) is 2.77. The third kappa shape index (κ3) is 5.89. The molecule has 0 heterocycles. The quantitative estimate of drug-likeness (QED) is 0.591. The largest absolute Gasteiger partial charge is 0.398 e. The molecule has 0 saturated carbocycles. The van der Waals surface area contributed by atoms with E-state index in [-0.39, 0.29) is 18.3 Å². The summed E-state index contributed by atoms with van der Waals surface area (Å²) >= 11 is 0. The number of hydrogen-bond donors (Lipinski definition) is 2. The number of hydrogen-bond acceptors (Lipinski definition) is 3. The first-order valence-electron chi connectivity index (χ1n) is 5.96. The molecule has 0 saturated heterocycles. The van der Waals surface area contributed by atoms with Gasteiger partial charge in [0.25, 0.3) is 5.91 Å². The molecule has 0 spiro atoms. The number of unbranched alkanes of at least 4 members (excludes halogenated alkanes) is 1. The number of carbonyl (C=O) groups is 1. The van der Waals surface area contributed by atoms with Gasteiger partial charge in [-0.3, -0.25) is 4.79 Å². The Bertz CT molecular complexity index is 359. The van der Waals surface area contributed by atoms with Gasteiger partial charge in [0, 0.05) is 18.8 Å². The van der Waals surface area contributed by atoms with E-state index < -0.39 is 0 Å². The van der Waals surface area contributed by atoms with Crippen molar-refractivity contribution in [3.05, 3.63) is 29.8 Å². The van der Waals surface area contributed by atoms with Gasteiger partial charge in [0.1, 0.15) is 0 Å². The molecule has 4 nitrogen and oxygen atoms in total. The second-order valence-electron chi connectivity index (χ2n) is 3.81. The highest BCUT2D eigenvalue weighted by Gasteiger charge is 2.07. The van der Waals surface area contributed by atoms with E-state index in [0.717, 1.165) is 19.4 Å². The Labute approximate surface area is 114 Å². The summed E-state index contributed by atoms with van der Waals surface area (Å²) in [6.45, 7) is 3.92. The predicted octanol–water partition coefficient (Wildman–Crippen LogP) is 2.24. The highest BCUT2D eigenvalue weighted by Crippen LogP contribution is 2.09. The smallest absolute Gasteiger partial charge is 0.253 e. The van der Waals surface area contributed by atoms with Crippen molar-refractivity contribution in [2.75, 3.05) is 25.5 Å². The van der Waals surface area contributed by atoms with Gasteiger partial charge in [-0.05, 0) is 18.6 Å². The van der Waals surface area contributed by atoms with Crippen molar-refractivity contribution in [2.45, 2.75) is 19.8 Å². The van der Waals surface area contributed by atoms with Crippen molar-refractivity contribution in [2.24, 2.45) is 0 Å². The topological polar surface area (TPSA) is 64.3 Å². The molecule has 0 aliphatic heterocycles. The number of para-hydroxylation sites is 1. The molecular formula is C13H21ClN2O2. The number of nitrogen functional groups attached to an aromatic ring is 1. The van der Waals surface area contributed by atoms with Crippen molar-refractivity contribution >= 4 is 24.0 Å². The molecule has 18 heavy (non-hydrogen) atoms. The molecule has 0 radical (unpaired) electrons. The Balaban J connectivity index is 0.00000289. The van der Waals surface area contributed by atoms with Crippen molar-refractivity contribution in [3.63, 3.8) is 0 Å². The molecule has 0 unspecified atom stereocenters. The number of rotatable bonds is 7.